The number of nitrogens with zero attached hydrogens (tertiary/aromatic N) is 1. The first-order valence-corrected chi connectivity index (χ1v) is 6.81. The van der Waals surface area contributed by atoms with E-state index in [0.29, 0.717) is 0 Å². The molecule has 0 aliphatic rings. The van der Waals surface area contributed by atoms with Gasteiger partial charge < -0.3 is 10.0 Å². The number of benzene rings is 1. The molecule has 3 N–H and O–H groups in total. The van der Waals surface area contributed by atoms with Crippen LogP contribution >= 0.6 is 0 Å². The van der Waals surface area contributed by atoms with Crippen molar-refractivity contribution in [3.63, 3.8) is 0 Å². The van der Waals surface area contributed by atoms with Gasteiger partial charge in [0.2, 0.25) is 0 Å². The van der Waals surface area contributed by atoms with Crippen molar-refractivity contribution in [1.82, 2.24) is 4.90 Å². The minimum absolute atomic E-state index is 0.0282. The molecule has 0 heterocycles. The zero-order valence-corrected chi connectivity index (χ0v) is 11.8. The molecule has 1 aromatic carbocycles. The standard InChI is InChI=1S/C15H26N2O/c1-4-17(5-2)12-11-13(3)15(16,18)14-9-7-6-8-10-14/h6-10,13,18H,4-5,11-12,16H2,1-3H3. The molecule has 2 unspecified atom stereocenters. The monoisotopic (exact) mass is 250 g/mol. The van der Waals surface area contributed by atoms with Crippen LogP contribution in [-0.4, -0.2) is 29.6 Å². The summed E-state index contributed by atoms with van der Waals surface area (Å²) in [6.07, 6.45) is 0.892. The van der Waals surface area contributed by atoms with Gasteiger partial charge >= 0.3 is 0 Å². The molecule has 0 saturated heterocycles. The van der Waals surface area contributed by atoms with E-state index in [9.17, 15) is 5.11 Å². The molecule has 1 rings (SSSR count). The quantitative estimate of drug-likeness (QED) is 0.729. The maximum atomic E-state index is 10.5. The van der Waals surface area contributed by atoms with Crippen LogP contribution in [0.5, 0.6) is 0 Å². The van der Waals surface area contributed by atoms with E-state index in [1.54, 1.807) is 0 Å². The van der Waals surface area contributed by atoms with Gasteiger partial charge in [0.05, 0.1) is 0 Å². The zero-order chi connectivity index (χ0) is 13.6. The topological polar surface area (TPSA) is 49.5 Å². The fraction of sp³-hybridized carbons (Fsp3) is 0.600. The molecule has 0 amide bonds. The zero-order valence-electron chi connectivity index (χ0n) is 11.8. The van der Waals surface area contributed by atoms with E-state index >= 15 is 0 Å². The van der Waals surface area contributed by atoms with Crippen molar-refractivity contribution in [2.75, 3.05) is 19.6 Å². The summed E-state index contributed by atoms with van der Waals surface area (Å²) in [7, 11) is 0. The molecule has 18 heavy (non-hydrogen) atoms. The first kappa shape index (κ1) is 15.2. The van der Waals surface area contributed by atoms with E-state index in [-0.39, 0.29) is 5.92 Å². The van der Waals surface area contributed by atoms with Gasteiger partial charge in [-0.1, -0.05) is 51.1 Å². The van der Waals surface area contributed by atoms with Crippen LogP contribution in [0.1, 0.15) is 32.8 Å². The van der Waals surface area contributed by atoms with E-state index in [1.165, 1.54) is 0 Å². The van der Waals surface area contributed by atoms with Crippen LogP contribution in [0.4, 0.5) is 0 Å². The van der Waals surface area contributed by atoms with E-state index in [1.807, 2.05) is 37.3 Å². The minimum atomic E-state index is -1.24. The number of hydrogen-bond acceptors (Lipinski definition) is 3. The lowest BCUT2D eigenvalue weighted by molar-refractivity contribution is -0.0175. The minimum Gasteiger partial charge on any atom is -0.372 e. The molecule has 3 heteroatoms. The Labute approximate surface area is 111 Å². The number of aliphatic hydroxyl groups is 1. The van der Waals surface area contributed by atoms with Crippen LogP contribution in [-0.2, 0) is 5.72 Å². The lowest BCUT2D eigenvalue weighted by Crippen LogP contribution is -2.44. The molecule has 0 saturated carbocycles. The average molecular weight is 250 g/mol. The third-order valence-electron chi connectivity index (χ3n) is 3.76. The predicted molar refractivity (Wildman–Crippen MR) is 76.1 cm³/mol. The smallest absolute Gasteiger partial charge is 0.142 e. The second-order valence-electron chi connectivity index (χ2n) is 4.91. The van der Waals surface area contributed by atoms with Crippen LogP contribution in [0, 0.1) is 5.92 Å². The van der Waals surface area contributed by atoms with E-state index < -0.39 is 5.72 Å². The Morgan fingerprint density at radius 2 is 1.78 bits per heavy atom. The summed E-state index contributed by atoms with van der Waals surface area (Å²) in [5.41, 5.74) is 5.64. The second kappa shape index (κ2) is 6.88. The van der Waals surface area contributed by atoms with Gasteiger partial charge in [0, 0.05) is 5.92 Å². The summed E-state index contributed by atoms with van der Waals surface area (Å²) in [5.74, 6) is 0.0282. The van der Waals surface area contributed by atoms with Crippen LogP contribution in [0.2, 0.25) is 0 Å². The maximum absolute atomic E-state index is 10.5. The molecule has 0 radical (unpaired) electrons. The fourth-order valence-corrected chi connectivity index (χ4v) is 2.13. The van der Waals surface area contributed by atoms with Crippen molar-refractivity contribution in [3.05, 3.63) is 35.9 Å². The molecule has 2 atom stereocenters. The van der Waals surface area contributed by atoms with Gasteiger partial charge in [-0.15, -0.1) is 0 Å². The first-order chi connectivity index (χ1) is 8.52. The summed E-state index contributed by atoms with van der Waals surface area (Å²) >= 11 is 0. The highest BCUT2D eigenvalue weighted by Crippen LogP contribution is 2.26. The molecule has 0 spiro atoms. The van der Waals surface area contributed by atoms with E-state index in [2.05, 4.69) is 18.7 Å². The summed E-state index contributed by atoms with van der Waals surface area (Å²) < 4.78 is 0. The Balaban J connectivity index is 2.62. The van der Waals surface area contributed by atoms with Crippen molar-refractivity contribution < 1.29 is 5.11 Å². The van der Waals surface area contributed by atoms with E-state index in [0.717, 1.165) is 31.6 Å². The van der Waals surface area contributed by atoms with Gasteiger partial charge in [-0.3, -0.25) is 5.73 Å². The molecule has 0 aromatic heterocycles. The molecule has 1 aromatic rings. The largest absolute Gasteiger partial charge is 0.372 e. The van der Waals surface area contributed by atoms with Crippen molar-refractivity contribution in [2.24, 2.45) is 11.7 Å². The van der Waals surface area contributed by atoms with Gasteiger partial charge in [-0.2, -0.15) is 0 Å². The van der Waals surface area contributed by atoms with Crippen LogP contribution < -0.4 is 5.73 Å². The Morgan fingerprint density at radius 1 is 1.22 bits per heavy atom. The van der Waals surface area contributed by atoms with Crippen molar-refractivity contribution in [3.8, 4) is 0 Å². The lowest BCUT2D eigenvalue weighted by atomic mass is 9.88. The molecule has 0 aliphatic heterocycles. The molecule has 0 aliphatic carbocycles. The molecule has 0 bridgehead atoms. The fourth-order valence-electron chi connectivity index (χ4n) is 2.13. The molecular formula is C15H26N2O. The SMILES string of the molecule is CCN(CC)CCC(C)C(N)(O)c1ccccc1. The number of rotatable bonds is 7. The van der Waals surface area contributed by atoms with Gasteiger partial charge in [-0.25, -0.2) is 0 Å². The third-order valence-corrected chi connectivity index (χ3v) is 3.76. The first-order valence-electron chi connectivity index (χ1n) is 6.81. The van der Waals surface area contributed by atoms with Gasteiger partial charge in [0.25, 0.3) is 0 Å². The van der Waals surface area contributed by atoms with Crippen LogP contribution in [0.3, 0.4) is 0 Å². The average Bonchev–Trinajstić information content (AvgIpc) is 2.40. The molecule has 102 valence electrons. The summed E-state index contributed by atoms with van der Waals surface area (Å²) in [6.45, 7) is 9.37. The van der Waals surface area contributed by atoms with E-state index in [4.69, 9.17) is 5.73 Å². The highest BCUT2D eigenvalue weighted by molar-refractivity contribution is 5.21. The van der Waals surface area contributed by atoms with Gasteiger partial charge in [0.15, 0.2) is 0 Å². The summed E-state index contributed by atoms with van der Waals surface area (Å²) in [4.78, 5) is 2.34. The third kappa shape index (κ3) is 3.80. The lowest BCUT2D eigenvalue weighted by Gasteiger charge is -2.32. The van der Waals surface area contributed by atoms with Gasteiger partial charge in [-0.05, 0) is 31.6 Å². The van der Waals surface area contributed by atoms with Crippen molar-refractivity contribution >= 4 is 0 Å². The Morgan fingerprint density at radius 3 is 2.28 bits per heavy atom. The van der Waals surface area contributed by atoms with Crippen molar-refractivity contribution in [1.29, 1.82) is 0 Å². The predicted octanol–water partition coefficient (Wildman–Crippen LogP) is 2.16. The van der Waals surface area contributed by atoms with Crippen molar-refractivity contribution in [2.45, 2.75) is 32.9 Å². The normalized spacial score (nSPS) is 16.6. The summed E-state index contributed by atoms with van der Waals surface area (Å²) in [5, 5.41) is 10.5. The highest BCUT2D eigenvalue weighted by Gasteiger charge is 2.30. The van der Waals surface area contributed by atoms with Crippen LogP contribution in [0.15, 0.2) is 30.3 Å². The highest BCUT2D eigenvalue weighted by atomic mass is 16.3. The number of hydrogen-bond donors (Lipinski definition) is 2. The molecular weight excluding hydrogens is 224 g/mol. The van der Waals surface area contributed by atoms with Gasteiger partial charge in [0.1, 0.15) is 5.72 Å². The Hall–Kier alpha value is -0.900. The molecule has 3 nitrogen and oxygen atoms in total. The second-order valence-corrected chi connectivity index (χ2v) is 4.91. The van der Waals surface area contributed by atoms with Crippen LogP contribution in [0.25, 0.3) is 0 Å². The Kier molecular flexibility index (Phi) is 5.79. The Bertz CT molecular complexity index is 334. The molecule has 0 fully saturated rings. The summed E-state index contributed by atoms with van der Waals surface area (Å²) in [6, 6.07) is 9.51. The number of nitrogens with two attached hydrogens (primary N) is 1. The maximum Gasteiger partial charge on any atom is 0.142 e.